The van der Waals surface area contributed by atoms with Crippen LogP contribution < -0.4 is 22.2 Å². The molecule has 2 heterocycles. The predicted octanol–water partition coefficient (Wildman–Crippen LogP) is 5.70. The van der Waals surface area contributed by atoms with Crippen molar-refractivity contribution in [2.24, 2.45) is 0 Å². The van der Waals surface area contributed by atoms with E-state index in [-0.39, 0.29) is 0 Å². The predicted molar refractivity (Wildman–Crippen MR) is 161 cm³/mol. The van der Waals surface area contributed by atoms with Crippen molar-refractivity contribution in [2.75, 3.05) is 0 Å². The van der Waals surface area contributed by atoms with E-state index in [4.69, 9.17) is 0 Å². The van der Waals surface area contributed by atoms with E-state index in [9.17, 15) is 19.2 Å². The molecule has 1 aliphatic rings. The maximum Gasteiger partial charge on any atom is 0.261 e. The number of benzene rings is 4. The monoisotopic (exact) mass is 526 g/mol. The molecule has 0 spiro atoms. The normalized spacial score (nSPS) is 17.5. The van der Waals surface area contributed by atoms with Crippen LogP contribution in [0.5, 0.6) is 0 Å². The largest absolute Gasteiger partial charge is 0.269 e. The van der Waals surface area contributed by atoms with Crippen LogP contribution in [-0.4, -0.2) is 9.13 Å². The second-order valence-corrected chi connectivity index (χ2v) is 10.6. The maximum absolute atomic E-state index is 14.2. The third kappa shape index (κ3) is 3.56. The van der Waals surface area contributed by atoms with Crippen LogP contribution in [0.1, 0.15) is 37.8 Å². The van der Waals surface area contributed by atoms with E-state index in [0.717, 1.165) is 12.8 Å². The number of nitrogens with zero attached hydrogens (tertiary/aromatic N) is 2. The van der Waals surface area contributed by atoms with Crippen molar-refractivity contribution in [3.05, 3.63) is 138 Å². The molecule has 0 saturated heterocycles. The summed E-state index contributed by atoms with van der Waals surface area (Å²) in [6.07, 6.45) is 2.58. The summed E-state index contributed by atoms with van der Waals surface area (Å²) in [4.78, 5) is 56.8. The second kappa shape index (κ2) is 9.42. The highest BCUT2D eigenvalue weighted by Gasteiger charge is 2.33. The molecule has 6 nitrogen and oxygen atoms in total. The smallest absolute Gasteiger partial charge is 0.261 e. The molecule has 1 fully saturated rings. The molecule has 0 unspecified atom stereocenters. The summed E-state index contributed by atoms with van der Waals surface area (Å²) in [5.74, 6) is 0. The molecular weight excluding hydrogens is 500 g/mol. The molecule has 1 saturated carbocycles. The first kappa shape index (κ1) is 24.2. The Morgan fingerprint density at radius 2 is 0.600 bits per heavy atom. The van der Waals surface area contributed by atoms with Crippen molar-refractivity contribution in [2.45, 2.75) is 37.8 Å². The van der Waals surface area contributed by atoms with E-state index in [1.54, 1.807) is 48.5 Å². The first-order valence-electron chi connectivity index (χ1n) is 13.7. The van der Waals surface area contributed by atoms with Gasteiger partial charge in [-0.3, -0.25) is 28.3 Å². The van der Waals surface area contributed by atoms with Gasteiger partial charge >= 0.3 is 0 Å². The molecule has 0 N–H and O–H groups in total. The van der Waals surface area contributed by atoms with Crippen LogP contribution in [0.15, 0.2) is 116 Å². The van der Waals surface area contributed by atoms with Crippen molar-refractivity contribution in [3.63, 3.8) is 0 Å². The number of aromatic nitrogens is 2. The highest BCUT2D eigenvalue weighted by molar-refractivity contribution is 6.06. The quantitative estimate of drug-likeness (QED) is 0.290. The van der Waals surface area contributed by atoms with Crippen molar-refractivity contribution in [3.8, 4) is 0 Å². The molecule has 7 rings (SSSR count). The first-order valence-corrected chi connectivity index (χ1v) is 13.7. The Balaban J connectivity index is 1.61. The minimum absolute atomic E-state index is 0.399. The molecule has 0 bridgehead atoms. The fourth-order valence-electron chi connectivity index (χ4n) is 6.62. The maximum atomic E-state index is 14.2. The van der Waals surface area contributed by atoms with Gasteiger partial charge in [-0.2, -0.15) is 0 Å². The molecule has 196 valence electrons. The lowest BCUT2D eigenvalue weighted by atomic mass is 9.89. The molecule has 2 aromatic heterocycles. The molecule has 2 atom stereocenters. The van der Waals surface area contributed by atoms with Gasteiger partial charge in [-0.05, 0) is 58.7 Å². The van der Waals surface area contributed by atoms with Gasteiger partial charge in [-0.25, -0.2) is 0 Å². The Morgan fingerprint density at radius 1 is 0.375 bits per heavy atom. The summed E-state index contributed by atoms with van der Waals surface area (Å²) in [7, 11) is 0. The third-order valence-corrected chi connectivity index (χ3v) is 8.44. The molecule has 6 aromatic rings. The summed E-state index contributed by atoms with van der Waals surface area (Å²) in [6, 6.07) is 27.7. The second-order valence-electron chi connectivity index (χ2n) is 10.6. The average Bonchev–Trinajstić information content (AvgIpc) is 3.16. The summed E-state index contributed by atoms with van der Waals surface area (Å²) < 4.78 is 2.66. The van der Waals surface area contributed by atoms with Gasteiger partial charge in [-0.15, -0.1) is 0 Å². The Labute approximate surface area is 228 Å². The summed E-state index contributed by atoms with van der Waals surface area (Å²) in [6.45, 7) is 0. The lowest BCUT2D eigenvalue weighted by Gasteiger charge is -2.32. The number of fused-ring (bicyclic) bond motifs is 6. The van der Waals surface area contributed by atoms with E-state index < -0.39 is 34.3 Å². The van der Waals surface area contributed by atoms with Crippen molar-refractivity contribution < 1.29 is 0 Å². The molecule has 40 heavy (non-hydrogen) atoms. The van der Waals surface area contributed by atoms with Gasteiger partial charge in [-0.1, -0.05) is 85.6 Å². The van der Waals surface area contributed by atoms with Crippen LogP contribution in [0.2, 0.25) is 0 Å². The van der Waals surface area contributed by atoms with Gasteiger partial charge < -0.3 is 0 Å². The molecule has 0 amide bonds. The average molecular weight is 527 g/mol. The lowest BCUT2D eigenvalue weighted by molar-refractivity contribution is 0.227. The van der Waals surface area contributed by atoms with Gasteiger partial charge in [0, 0.05) is 21.5 Å². The zero-order chi connectivity index (χ0) is 27.4. The van der Waals surface area contributed by atoms with Crippen LogP contribution >= 0.6 is 0 Å². The minimum atomic E-state index is -0.654. The Kier molecular flexibility index (Phi) is 5.70. The minimum Gasteiger partial charge on any atom is -0.269 e. The van der Waals surface area contributed by atoms with Crippen LogP contribution in [0.3, 0.4) is 0 Å². The SMILES string of the molecule is O=c1c2ccccc2c2ccccc2c(=O)n1[C@@H]1CCCC[C@H]1n1c(=O)c2ccccc2c2ccccc2c1=O. The van der Waals surface area contributed by atoms with Crippen LogP contribution in [0.25, 0.3) is 43.1 Å². The fraction of sp³-hybridized carbons (Fsp3) is 0.176. The topological polar surface area (TPSA) is 78.1 Å². The highest BCUT2D eigenvalue weighted by Crippen LogP contribution is 2.36. The lowest BCUT2D eigenvalue weighted by Crippen LogP contribution is -2.44. The first-order chi connectivity index (χ1) is 19.6. The summed E-state index contributed by atoms with van der Waals surface area (Å²) >= 11 is 0. The Morgan fingerprint density at radius 3 is 0.850 bits per heavy atom. The molecule has 6 heteroatoms. The molecule has 1 aliphatic carbocycles. The third-order valence-electron chi connectivity index (χ3n) is 8.44. The summed E-state index contributed by atoms with van der Waals surface area (Å²) in [5.41, 5.74) is -1.60. The van der Waals surface area contributed by atoms with Crippen molar-refractivity contribution in [1.29, 1.82) is 0 Å². The van der Waals surface area contributed by atoms with Crippen molar-refractivity contribution >= 4 is 43.1 Å². The van der Waals surface area contributed by atoms with Gasteiger partial charge in [0.2, 0.25) is 0 Å². The van der Waals surface area contributed by atoms with E-state index in [2.05, 4.69) is 0 Å². The van der Waals surface area contributed by atoms with E-state index >= 15 is 0 Å². The van der Waals surface area contributed by atoms with Crippen molar-refractivity contribution in [1.82, 2.24) is 9.13 Å². The molecule has 0 radical (unpaired) electrons. The highest BCUT2D eigenvalue weighted by atomic mass is 16.2. The van der Waals surface area contributed by atoms with Gasteiger partial charge in [0.1, 0.15) is 0 Å². The van der Waals surface area contributed by atoms with E-state index in [1.807, 2.05) is 48.5 Å². The van der Waals surface area contributed by atoms with Crippen LogP contribution in [-0.2, 0) is 0 Å². The Bertz CT molecular complexity index is 1930. The molecule has 0 aliphatic heterocycles. The number of rotatable bonds is 2. The number of hydrogen-bond acceptors (Lipinski definition) is 4. The van der Waals surface area contributed by atoms with Gasteiger partial charge in [0.05, 0.1) is 12.1 Å². The molecule has 4 aromatic carbocycles. The fourth-order valence-corrected chi connectivity index (χ4v) is 6.62. The molecular formula is C34H26N2O4. The standard InChI is InChI=1S/C34H26N2O4/c37-31-25-15-5-1-11-21(25)22-12-2-6-16-26(22)32(38)35(31)29-19-9-10-20-30(29)36-33(39)27-17-7-3-13-23(27)24-14-4-8-18-28(24)34(36)40/h1-8,11-18,29-30H,9-10,19-20H2/t29-,30-/m1/s1. The van der Waals surface area contributed by atoms with E-state index in [1.165, 1.54) is 9.13 Å². The van der Waals surface area contributed by atoms with Crippen LogP contribution in [0, 0.1) is 0 Å². The van der Waals surface area contributed by atoms with Crippen LogP contribution in [0.4, 0.5) is 0 Å². The van der Waals surface area contributed by atoms with E-state index in [0.29, 0.717) is 55.9 Å². The van der Waals surface area contributed by atoms with Gasteiger partial charge in [0.15, 0.2) is 0 Å². The summed E-state index contributed by atoms with van der Waals surface area (Å²) in [5, 5.41) is 4.58. The van der Waals surface area contributed by atoms with Gasteiger partial charge in [0.25, 0.3) is 22.2 Å². The zero-order valence-electron chi connectivity index (χ0n) is 21.7. The number of hydrogen-bond donors (Lipinski definition) is 0. The Hall–Kier alpha value is -4.84. The zero-order valence-corrected chi connectivity index (χ0v) is 21.7.